The summed E-state index contributed by atoms with van der Waals surface area (Å²) < 4.78 is 42.4. The van der Waals surface area contributed by atoms with Gasteiger partial charge in [0.2, 0.25) is 0 Å². The van der Waals surface area contributed by atoms with Gasteiger partial charge in [-0.1, -0.05) is 42.0 Å². The van der Waals surface area contributed by atoms with Crippen LogP contribution in [0, 0.1) is 29.6 Å². The second-order valence-electron chi connectivity index (χ2n) is 12.0. The van der Waals surface area contributed by atoms with Crippen LogP contribution in [0.25, 0.3) is 44.1 Å². The van der Waals surface area contributed by atoms with Gasteiger partial charge in [0.25, 0.3) is 11.8 Å². The summed E-state index contributed by atoms with van der Waals surface area (Å²) in [6, 6.07) is 28.0. The first-order valence-electron chi connectivity index (χ1n) is 15.5. The number of amides is 2. The van der Waals surface area contributed by atoms with Gasteiger partial charge >= 0.3 is 6.18 Å². The third-order valence-electron chi connectivity index (χ3n) is 8.84. The Hall–Kier alpha value is -6.33. The van der Waals surface area contributed by atoms with Gasteiger partial charge in [-0.15, -0.1) is 0 Å². The van der Waals surface area contributed by atoms with E-state index in [2.05, 4.69) is 58.5 Å². The maximum absolute atomic E-state index is 12.8. The Morgan fingerprint density at radius 2 is 1.08 bits per heavy atom. The number of rotatable bonds is 2. The topological polar surface area (TPSA) is 116 Å². The SMILES string of the molecule is Cc1ccc(-c2cc(C#N)cc3cc4n(c23)CCNC4=O)cc1.N#Cc1cc(-c2ccc(C(F)(F)F)cc2)c2c(c1)cc1n2CCNC1=O. The molecule has 0 aliphatic carbocycles. The molecule has 2 amide bonds. The van der Waals surface area contributed by atoms with E-state index >= 15 is 0 Å². The molecule has 8 nitrogen and oxygen atoms in total. The zero-order valence-electron chi connectivity index (χ0n) is 26.2. The number of carbonyl (C=O) groups excluding carboxylic acids is 2. The van der Waals surface area contributed by atoms with Gasteiger partial charge < -0.3 is 19.8 Å². The number of carbonyl (C=O) groups is 2. The van der Waals surface area contributed by atoms with E-state index in [1.807, 2.05) is 22.8 Å². The quantitative estimate of drug-likeness (QED) is 0.206. The molecule has 242 valence electrons. The number of alkyl halides is 3. The van der Waals surface area contributed by atoms with Crippen LogP contribution in [0.15, 0.2) is 84.9 Å². The third kappa shape index (κ3) is 5.66. The molecule has 0 unspecified atom stereocenters. The fourth-order valence-electron chi connectivity index (χ4n) is 6.55. The lowest BCUT2D eigenvalue weighted by atomic mass is 9.99. The van der Waals surface area contributed by atoms with Crippen molar-refractivity contribution in [3.8, 4) is 34.4 Å². The number of hydrogen-bond acceptors (Lipinski definition) is 4. The molecule has 4 aromatic carbocycles. The Kier molecular flexibility index (Phi) is 7.68. The Morgan fingerprint density at radius 3 is 1.49 bits per heavy atom. The molecular weight excluding hydrogens is 629 g/mol. The molecule has 2 aliphatic rings. The number of nitriles is 2. The van der Waals surface area contributed by atoms with Crippen molar-refractivity contribution < 1.29 is 22.8 Å². The highest BCUT2D eigenvalue weighted by molar-refractivity contribution is 6.05. The van der Waals surface area contributed by atoms with Crippen LogP contribution in [-0.2, 0) is 19.3 Å². The van der Waals surface area contributed by atoms with E-state index in [0.29, 0.717) is 58.7 Å². The van der Waals surface area contributed by atoms with Gasteiger partial charge in [-0.25, -0.2) is 0 Å². The molecule has 0 spiro atoms. The highest BCUT2D eigenvalue weighted by Gasteiger charge is 2.30. The van der Waals surface area contributed by atoms with Gasteiger partial charge in [0.1, 0.15) is 11.4 Å². The molecule has 2 aromatic heterocycles. The van der Waals surface area contributed by atoms with Crippen LogP contribution in [0.1, 0.15) is 43.2 Å². The summed E-state index contributed by atoms with van der Waals surface area (Å²) in [4.78, 5) is 24.2. The molecule has 0 fully saturated rings. The van der Waals surface area contributed by atoms with E-state index in [4.69, 9.17) is 0 Å². The van der Waals surface area contributed by atoms with E-state index in [9.17, 15) is 33.3 Å². The summed E-state index contributed by atoms with van der Waals surface area (Å²) in [7, 11) is 0. The number of benzene rings is 4. The largest absolute Gasteiger partial charge is 0.416 e. The number of halogens is 3. The molecule has 49 heavy (non-hydrogen) atoms. The molecule has 4 heterocycles. The van der Waals surface area contributed by atoms with Crippen molar-refractivity contribution in [2.75, 3.05) is 13.1 Å². The lowest BCUT2D eigenvalue weighted by Gasteiger charge is -2.18. The summed E-state index contributed by atoms with van der Waals surface area (Å²) in [6.07, 6.45) is -4.41. The normalized spacial score (nSPS) is 13.8. The summed E-state index contributed by atoms with van der Waals surface area (Å²) in [6.45, 7) is 4.46. The molecule has 0 saturated heterocycles. The molecule has 0 saturated carbocycles. The van der Waals surface area contributed by atoms with Crippen molar-refractivity contribution >= 4 is 33.6 Å². The zero-order chi connectivity index (χ0) is 34.4. The average molecular weight is 657 g/mol. The van der Waals surface area contributed by atoms with Crippen LogP contribution in [0.5, 0.6) is 0 Å². The van der Waals surface area contributed by atoms with Crippen molar-refractivity contribution in [2.45, 2.75) is 26.2 Å². The number of aryl methyl sites for hydroxylation is 1. The van der Waals surface area contributed by atoms with E-state index in [1.165, 1.54) is 17.7 Å². The minimum atomic E-state index is -4.41. The Morgan fingerprint density at radius 1 is 0.653 bits per heavy atom. The fourth-order valence-corrected chi connectivity index (χ4v) is 6.55. The second kappa shape index (κ2) is 12.0. The monoisotopic (exact) mass is 656 g/mol. The minimum absolute atomic E-state index is 0.0548. The van der Waals surface area contributed by atoms with Gasteiger partial charge in [0, 0.05) is 48.1 Å². The third-order valence-corrected chi connectivity index (χ3v) is 8.84. The average Bonchev–Trinajstić information content (AvgIpc) is 3.68. The number of aromatic nitrogens is 2. The minimum Gasteiger partial charge on any atom is -0.349 e. The lowest BCUT2D eigenvalue weighted by Crippen LogP contribution is -2.34. The molecule has 6 aromatic rings. The predicted octanol–water partition coefficient (Wildman–Crippen LogP) is 7.17. The number of hydrogen-bond donors (Lipinski definition) is 2. The predicted molar refractivity (Wildman–Crippen MR) is 179 cm³/mol. The molecule has 0 radical (unpaired) electrons. The van der Waals surface area contributed by atoms with Crippen molar-refractivity contribution in [1.29, 1.82) is 10.5 Å². The van der Waals surface area contributed by atoms with E-state index < -0.39 is 11.7 Å². The van der Waals surface area contributed by atoms with Gasteiger partial charge in [0.15, 0.2) is 0 Å². The zero-order valence-corrected chi connectivity index (χ0v) is 26.2. The first kappa shape index (κ1) is 31.3. The van der Waals surface area contributed by atoms with E-state index in [0.717, 1.165) is 46.2 Å². The maximum atomic E-state index is 12.8. The highest BCUT2D eigenvalue weighted by atomic mass is 19.4. The Bertz CT molecular complexity index is 2390. The van der Waals surface area contributed by atoms with Gasteiger partial charge in [-0.3, -0.25) is 9.59 Å². The van der Waals surface area contributed by atoms with Gasteiger partial charge in [-0.2, -0.15) is 23.7 Å². The van der Waals surface area contributed by atoms with Gasteiger partial charge in [0.05, 0.1) is 39.9 Å². The van der Waals surface area contributed by atoms with Crippen molar-refractivity contribution in [2.24, 2.45) is 0 Å². The van der Waals surface area contributed by atoms with Crippen LogP contribution in [-0.4, -0.2) is 34.0 Å². The number of nitrogens with zero attached hydrogens (tertiary/aromatic N) is 4. The smallest absolute Gasteiger partial charge is 0.349 e. The van der Waals surface area contributed by atoms with Crippen molar-refractivity contribution in [1.82, 2.24) is 19.8 Å². The van der Waals surface area contributed by atoms with E-state index in [1.54, 1.807) is 18.2 Å². The summed E-state index contributed by atoms with van der Waals surface area (Å²) >= 11 is 0. The molecule has 2 aliphatic heterocycles. The number of nitrogens with one attached hydrogen (secondary N) is 2. The Labute approximate surface area is 278 Å². The molecule has 0 bridgehead atoms. The van der Waals surface area contributed by atoms with Crippen LogP contribution in [0.4, 0.5) is 13.2 Å². The second-order valence-corrected chi connectivity index (χ2v) is 12.0. The summed E-state index contributed by atoms with van der Waals surface area (Å²) in [5.74, 6) is -0.259. The highest BCUT2D eigenvalue weighted by Crippen LogP contribution is 2.36. The summed E-state index contributed by atoms with van der Waals surface area (Å²) in [5.41, 5.74) is 7.62. The Balaban J connectivity index is 0.000000155. The van der Waals surface area contributed by atoms with Crippen LogP contribution in [0.3, 0.4) is 0 Å². The first-order chi connectivity index (χ1) is 23.5. The molecule has 8 rings (SSSR count). The molecule has 11 heteroatoms. The maximum Gasteiger partial charge on any atom is 0.416 e. The van der Waals surface area contributed by atoms with Crippen molar-refractivity contribution in [3.63, 3.8) is 0 Å². The van der Waals surface area contributed by atoms with Crippen LogP contribution < -0.4 is 10.6 Å². The number of fused-ring (bicyclic) bond motifs is 6. The van der Waals surface area contributed by atoms with Crippen LogP contribution >= 0.6 is 0 Å². The standard InChI is InChI=1S/C19H12F3N3O.C19H15N3O/c20-19(21,22)14-3-1-12(2-4-14)15-8-11(10-23)7-13-9-16-18(26)24-5-6-25(16)17(13)15;1-12-2-4-14(5-3-12)16-9-13(11-20)8-15-10-17-19(23)21-6-7-22(17)18(15)16/h1-4,7-9H,5-6H2,(H,24,26);2-5,8-10H,6-7H2,1H3,(H,21,23). The molecule has 0 atom stereocenters. The van der Waals surface area contributed by atoms with E-state index in [-0.39, 0.29) is 11.8 Å². The molecular formula is C38H27F3N6O2. The summed E-state index contributed by atoms with van der Waals surface area (Å²) in [5, 5.41) is 25.9. The van der Waals surface area contributed by atoms with Gasteiger partial charge in [-0.05, 0) is 66.6 Å². The lowest BCUT2D eigenvalue weighted by molar-refractivity contribution is -0.137. The molecule has 2 N–H and O–H groups in total. The fraction of sp³-hybridized carbons (Fsp3) is 0.158. The first-order valence-corrected chi connectivity index (χ1v) is 15.5. The van der Waals surface area contributed by atoms with Crippen molar-refractivity contribution in [3.05, 3.63) is 119 Å². The van der Waals surface area contributed by atoms with Crippen LogP contribution in [0.2, 0.25) is 0 Å².